The fourth-order valence-corrected chi connectivity index (χ4v) is 2.01. The molecule has 0 atom stereocenters. The Balaban J connectivity index is 1.97. The molecule has 1 amide bonds. The molecule has 0 unspecified atom stereocenters. The Kier molecular flexibility index (Phi) is 4.54. The summed E-state index contributed by atoms with van der Waals surface area (Å²) in [5.41, 5.74) is 1.14. The maximum absolute atomic E-state index is 11.6. The first-order valence-corrected chi connectivity index (χ1v) is 7.98. The van der Waals surface area contributed by atoms with E-state index >= 15 is 0 Å². The highest BCUT2D eigenvalue weighted by molar-refractivity contribution is 7.89. The molecule has 0 fully saturated rings. The molecule has 0 aliphatic heterocycles. The Bertz CT molecular complexity index is 712. The van der Waals surface area contributed by atoms with Gasteiger partial charge >= 0.3 is 0 Å². The molecule has 0 saturated heterocycles. The van der Waals surface area contributed by atoms with Crippen molar-refractivity contribution >= 4 is 15.9 Å². The minimum atomic E-state index is -3.59. The Morgan fingerprint density at radius 3 is 2.48 bits per heavy atom. The van der Waals surface area contributed by atoms with E-state index in [9.17, 15) is 13.2 Å². The third-order valence-corrected chi connectivity index (χ3v) is 3.06. The Morgan fingerprint density at radius 1 is 1.19 bits per heavy atom. The van der Waals surface area contributed by atoms with Gasteiger partial charge in [-0.2, -0.15) is 0 Å². The lowest BCUT2D eigenvalue weighted by Gasteiger charge is -2.06. The molecule has 2 rings (SSSR count). The van der Waals surface area contributed by atoms with E-state index in [0.29, 0.717) is 12.5 Å². The van der Waals surface area contributed by atoms with Crippen molar-refractivity contribution in [3.63, 3.8) is 0 Å². The standard InChI is InChI=1S/C14H14N2O4S/c1-21(18,19)16-14(17)12-7-8-13(15-9-12)20-10-11-5-3-2-4-6-11/h2-9H,10H2,1H3,(H,16,17). The second kappa shape index (κ2) is 6.36. The molecule has 21 heavy (non-hydrogen) atoms. The largest absolute Gasteiger partial charge is 0.473 e. The summed E-state index contributed by atoms with van der Waals surface area (Å²) in [4.78, 5) is 15.5. The van der Waals surface area contributed by atoms with Crippen LogP contribution in [0.15, 0.2) is 48.7 Å². The van der Waals surface area contributed by atoms with Gasteiger partial charge in [-0.25, -0.2) is 18.1 Å². The smallest absolute Gasteiger partial charge is 0.266 e. The van der Waals surface area contributed by atoms with Gasteiger partial charge in [-0.15, -0.1) is 0 Å². The number of pyridine rings is 1. The molecule has 1 aromatic carbocycles. The predicted octanol–water partition coefficient (Wildman–Crippen LogP) is 1.35. The van der Waals surface area contributed by atoms with Crippen LogP contribution in [0.5, 0.6) is 5.88 Å². The first-order valence-electron chi connectivity index (χ1n) is 6.09. The van der Waals surface area contributed by atoms with Crippen LogP contribution in [0.1, 0.15) is 15.9 Å². The van der Waals surface area contributed by atoms with Crippen molar-refractivity contribution in [3.05, 3.63) is 59.8 Å². The van der Waals surface area contributed by atoms with Crippen molar-refractivity contribution in [1.82, 2.24) is 9.71 Å². The third-order valence-electron chi connectivity index (χ3n) is 2.51. The summed E-state index contributed by atoms with van der Waals surface area (Å²) in [7, 11) is -3.59. The number of nitrogens with one attached hydrogen (secondary N) is 1. The van der Waals surface area contributed by atoms with Crippen LogP contribution < -0.4 is 9.46 Å². The van der Waals surface area contributed by atoms with Gasteiger partial charge in [0.25, 0.3) is 5.91 Å². The first-order chi connectivity index (χ1) is 9.94. The van der Waals surface area contributed by atoms with Gasteiger partial charge < -0.3 is 4.74 Å². The quantitative estimate of drug-likeness (QED) is 0.901. The molecule has 0 aliphatic carbocycles. The number of hydrogen-bond acceptors (Lipinski definition) is 5. The lowest BCUT2D eigenvalue weighted by molar-refractivity contribution is 0.0981. The molecule has 6 nitrogen and oxygen atoms in total. The van der Waals surface area contributed by atoms with Crippen LogP contribution >= 0.6 is 0 Å². The van der Waals surface area contributed by atoms with E-state index in [4.69, 9.17) is 4.74 Å². The molecule has 0 spiro atoms. The number of rotatable bonds is 5. The number of amides is 1. The zero-order valence-electron chi connectivity index (χ0n) is 11.3. The predicted molar refractivity (Wildman–Crippen MR) is 77.3 cm³/mol. The van der Waals surface area contributed by atoms with E-state index in [-0.39, 0.29) is 5.56 Å². The normalized spacial score (nSPS) is 10.9. The van der Waals surface area contributed by atoms with E-state index in [1.165, 1.54) is 18.3 Å². The van der Waals surface area contributed by atoms with Crippen LogP contribution in [-0.4, -0.2) is 25.6 Å². The van der Waals surface area contributed by atoms with Crippen LogP contribution in [0.25, 0.3) is 0 Å². The van der Waals surface area contributed by atoms with Crippen LogP contribution in [0, 0.1) is 0 Å². The second-order valence-electron chi connectivity index (χ2n) is 4.36. The van der Waals surface area contributed by atoms with Crippen LogP contribution in [0.3, 0.4) is 0 Å². The zero-order chi connectivity index (χ0) is 15.3. The van der Waals surface area contributed by atoms with E-state index in [2.05, 4.69) is 4.98 Å². The van der Waals surface area contributed by atoms with Crippen LogP contribution in [-0.2, 0) is 16.6 Å². The molecule has 7 heteroatoms. The summed E-state index contributed by atoms with van der Waals surface area (Å²) in [6.45, 7) is 0.364. The number of carbonyl (C=O) groups is 1. The summed E-state index contributed by atoms with van der Waals surface area (Å²) in [5.74, 6) is -0.366. The van der Waals surface area contributed by atoms with E-state index in [0.717, 1.165) is 11.8 Å². The minimum Gasteiger partial charge on any atom is -0.473 e. The van der Waals surface area contributed by atoms with E-state index < -0.39 is 15.9 Å². The zero-order valence-corrected chi connectivity index (χ0v) is 12.1. The summed E-state index contributed by atoms with van der Waals surface area (Å²) in [5, 5.41) is 0. The summed E-state index contributed by atoms with van der Waals surface area (Å²) >= 11 is 0. The molecule has 2 aromatic rings. The van der Waals surface area contributed by atoms with Crippen LogP contribution in [0.4, 0.5) is 0 Å². The lowest BCUT2D eigenvalue weighted by atomic mass is 10.2. The van der Waals surface area contributed by atoms with Gasteiger partial charge in [-0.05, 0) is 11.6 Å². The van der Waals surface area contributed by atoms with Gasteiger partial charge in [-0.3, -0.25) is 4.79 Å². The fraction of sp³-hybridized carbons (Fsp3) is 0.143. The summed E-state index contributed by atoms with van der Waals surface area (Å²) < 4.78 is 29.3. The highest BCUT2D eigenvalue weighted by Gasteiger charge is 2.11. The molecule has 1 aromatic heterocycles. The van der Waals surface area contributed by atoms with Crippen molar-refractivity contribution < 1.29 is 17.9 Å². The Morgan fingerprint density at radius 2 is 1.90 bits per heavy atom. The fourth-order valence-electron chi connectivity index (χ4n) is 1.56. The maximum atomic E-state index is 11.6. The number of aromatic nitrogens is 1. The van der Waals surface area contributed by atoms with Gasteiger partial charge in [0.15, 0.2) is 0 Å². The monoisotopic (exact) mass is 306 g/mol. The average molecular weight is 306 g/mol. The summed E-state index contributed by atoms with van der Waals surface area (Å²) in [6.07, 6.45) is 2.18. The van der Waals surface area contributed by atoms with Gasteiger partial charge in [0, 0.05) is 12.3 Å². The number of sulfonamides is 1. The number of benzene rings is 1. The van der Waals surface area contributed by atoms with Crippen molar-refractivity contribution in [2.45, 2.75) is 6.61 Å². The molecule has 0 aliphatic rings. The SMILES string of the molecule is CS(=O)(=O)NC(=O)c1ccc(OCc2ccccc2)nc1. The van der Waals surface area contributed by atoms with Crippen molar-refractivity contribution in [2.75, 3.05) is 6.26 Å². The molecular formula is C14H14N2O4S. The molecular weight excluding hydrogens is 292 g/mol. The summed E-state index contributed by atoms with van der Waals surface area (Å²) in [6, 6.07) is 12.5. The average Bonchev–Trinajstić information content (AvgIpc) is 2.45. The van der Waals surface area contributed by atoms with Crippen molar-refractivity contribution in [2.24, 2.45) is 0 Å². The van der Waals surface area contributed by atoms with E-state index in [1.54, 1.807) is 0 Å². The van der Waals surface area contributed by atoms with Crippen molar-refractivity contribution in [3.8, 4) is 5.88 Å². The molecule has 1 N–H and O–H groups in total. The molecule has 0 saturated carbocycles. The van der Waals surface area contributed by atoms with Gasteiger partial charge in [0.2, 0.25) is 15.9 Å². The lowest BCUT2D eigenvalue weighted by Crippen LogP contribution is -2.29. The molecule has 110 valence electrons. The molecule has 1 heterocycles. The highest BCUT2D eigenvalue weighted by Crippen LogP contribution is 2.10. The van der Waals surface area contributed by atoms with Crippen LogP contribution in [0.2, 0.25) is 0 Å². The number of carbonyl (C=O) groups excluding carboxylic acids is 1. The first kappa shape index (κ1) is 15.0. The van der Waals surface area contributed by atoms with Crippen molar-refractivity contribution in [1.29, 1.82) is 0 Å². The van der Waals surface area contributed by atoms with Gasteiger partial charge in [0.05, 0.1) is 11.8 Å². The molecule has 0 bridgehead atoms. The second-order valence-corrected chi connectivity index (χ2v) is 6.11. The topological polar surface area (TPSA) is 85.4 Å². The maximum Gasteiger partial charge on any atom is 0.266 e. The Labute approximate surface area is 122 Å². The number of hydrogen-bond donors (Lipinski definition) is 1. The number of nitrogens with zero attached hydrogens (tertiary/aromatic N) is 1. The highest BCUT2D eigenvalue weighted by atomic mass is 32.2. The Hall–Kier alpha value is -2.41. The third kappa shape index (κ3) is 4.88. The van der Waals surface area contributed by atoms with Gasteiger partial charge in [-0.1, -0.05) is 30.3 Å². The number of ether oxygens (including phenoxy) is 1. The molecule has 0 radical (unpaired) electrons. The van der Waals surface area contributed by atoms with Gasteiger partial charge in [0.1, 0.15) is 6.61 Å². The minimum absolute atomic E-state index is 0.146. The van der Waals surface area contributed by atoms with E-state index in [1.807, 2.05) is 35.1 Å².